The molecule has 1 aromatic carbocycles. The Bertz CT molecular complexity index is 495. The first-order valence-electron chi connectivity index (χ1n) is 9.03. The minimum absolute atomic E-state index is 0.174. The summed E-state index contributed by atoms with van der Waals surface area (Å²) in [6, 6.07) is 10.3. The molecule has 4 nitrogen and oxygen atoms in total. The number of ether oxygens (including phenoxy) is 2. The van der Waals surface area contributed by atoms with Crippen LogP contribution in [0.25, 0.3) is 0 Å². The second-order valence-electron chi connectivity index (χ2n) is 7.62. The summed E-state index contributed by atoms with van der Waals surface area (Å²) in [6.07, 6.45) is 4.23. The van der Waals surface area contributed by atoms with Crippen LogP contribution < -0.4 is 0 Å². The molecule has 1 fully saturated rings. The average Bonchev–Trinajstić information content (AvgIpc) is 2.54. The second-order valence-corrected chi connectivity index (χ2v) is 7.62. The van der Waals surface area contributed by atoms with E-state index >= 15 is 0 Å². The third kappa shape index (κ3) is 6.91. The minimum Gasteiger partial charge on any atom is -0.444 e. The molecule has 1 aliphatic heterocycles. The van der Waals surface area contributed by atoms with E-state index in [0.717, 1.165) is 39.0 Å². The molecule has 134 valence electrons. The van der Waals surface area contributed by atoms with Crippen LogP contribution in [0.1, 0.15) is 52.0 Å². The second kappa shape index (κ2) is 9.07. The van der Waals surface area contributed by atoms with Gasteiger partial charge in [0.2, 0.25) is 0 Å². The number of carbonyl (C=O) groups is 1. The predicted molar refractivity (Wildman–Crippen MR) is 95.9 cm³/mol. The number of amides is 1. The van der Waals surface area contributed by atoms with Gasteiger partial charge in [-0.15, -0.1) is 0 Å². The molecule has 0 aliphatic carbocycles. The van der Waals surface area contributed by atoms with Crippen LogP contribution in [0.2, 0.25) is 0 Å². The van der Waals surface area contributed by atoms with Gasteiger partial charge in [0.05, 0.1) is 6.61 Å². The van der Waals surface area contributed by atoms with Gasteiger partial charge in [0.15, 0.2) is 0 Å². The molecular weight excluding hydrogens is 302 g/mol. The molecule has 2 rings (SSSR count). The van der Waals surface area contributed by atoms with Gasteiger partial charge in [-0.1, -0.05) is 30.3 Å². The van der Waals surface area contributed by atoms with Crippen LogP contribution in [0.15, 0.2) is 30.3 Å². The first-order chi connectivity index (χ1) is 11.4. The lowest BCUT2D eigenvalue weighted by atomic mass is 9.94. The lowest BCUT2D eigenvalue weighted by Gasteiger charge is -2.34. The molecule has 0 N–H and O–H groups in total. The number of piperidine rings is 1. The van der Waals surface area contributed by atoms with Crippen LogP contribution in [0.3, 0.4) is 0 Å². The van der Waals surface area contributed by atoms with Gasteiger partial charge >= 0.3 is 6.09 Å². The fourth-order valence-corrected chi connectivity index (χ4v) is 3.03. The summed E-state index contributed by atoms with van der Waals surface area (Å²) >= 11 is 0. The number of hydrogen-bond acceptors (Lipinski definition) is 3. The Morgan fingerprint density at radius 2 is 2.00 bits per heavy atom. The predicted octanol–water partition coefficient (Wildman–Crippen LogP) is 4.63. The van der Waals surface area contributed by atoms with Gasteiger partial charge in [-0.05, 0) is 57.9 Å². The van der Waals surface area contributed by atoms with E-state index in [1.165, 1.54) is 12.0 Å². The van der Waals surface area contributed by atoms with E-state index in [2.05, 4.69) is 12.1 Å². The normalized spacial score (nSPS) is 18.5. The van der Waals surface area contributed by atoms with Gasteiger partial charge in [0, 0.05) is 19.7 Å². The maximum Gasteiger partial charge on any atom is 0.410 e. The Kier molecular flexibility index (Phi) is 7.10. The molecule has 1 heterocycles. The SMILES string of the molecule is CC(C)(C)OC(=O)N1CCC[C@H](CCCOCc2ccccc2)C1. The summed E-state index contributed by atoms with van der Waals surface area (Å²) in [4.78, 5) is 14.0. The van der Waals surface area contributed by atoms with Crippen molar-refractivity contribution in [1.82, 2.24) is 4.90 Å². The molecule has 1 aliphatic rings. The summed E-state index contributed by atoms with van der Waals surface area (Å²) in [6.45, 7) is 8.82. The molecule has 1 aromatic rings. The highest BCUT2D eigenvalue weighted by molar-refractivity contribution is 5.68. The van der Waals surface area contributed by atoms with E-state index in [4.69, 9.17) is 9.47 Å². The largest absolute Gasteiger partial charge is 0.444 e. The van der Waals surface area contributed by atoms with Crippen molar-refractivity contribution >= 4 is 6.09 Å². The maximum atomic E-state index is 12.2. The summed E-state index contributed by atoms with van der Waals surface area (Å²) in [5.74, 6) is 0.562. The van der Waals surface area contributed by atoms with Crippen LogP contribution >= 0.6 is 0 Å². The van der Waals surface area contributed by atoms with Crippen molar-refractivity contribution in [2.45, 2.75) is 58.7 Å². The van der Waals surface area contributed by atoms with Crippen molar-refractivity contribution in [3.63, 3.8) is 0 Å². The molecule has 0 bridgehead atoms. The van der Waals surface area contributed by atoms with E-state index in [0.29, 0.717) is 12.5 Å². The van der Waals surface area contributed by atoms with Crippen LogP contribution in [-0.4, -0.2) is 36.3 Å². The first kappa shape index (κ1) is 18.8. The molecule has 0 radical (unpaired) electrons. The fraction of sp³-hybridized carbons (Fsp3) is 0.650. The van der Waals surface area contributed by atoms with Crippen molar-refractivity contribution in [1.29, 1.82) is 0 Å². The van der Waals surface area contributed by atoms with E-state index in [1.807, 2.05) is 43.9 Å². The molecule has 1 atom stereocenters. The Labute approximate surface area is 146 Å². The fourth-order valence-electron chi connectivity index (χ4n) is 3.03. The van der Waals surface area contributed by atoms with Crippen molar-refractivity contribution < 1.29 is 14.3 Å². The van der Waals surface area contributed by atoms with Gasteiger partial charge in [-0.3, -0.25) is 0 Å². The smallest absolute Gasteiger partial charge is 0.410 e. The number of nitrogens with zero attached hydrogens (tertiary/aromatic N) is 1. The summed E-state index contributed by atoms with van der Waals surface area (Å²) in [7, 11) is 0. The van der Waals surface area contributed by atoms with Gasteiger partial charge in [-0.2, -0.15) is 0 Å². The summed E-state index contributed by atoms with van der Waals surface area (Å²) < 4.78 is 11.2. The molecule has 0 saturated carbocycles. The van der Waals surface area contributed by atoms with Crippen LogP contribution in [0.5, 0.6) is 0 Å². The van der Waals surface area contributed by atoms with E-state index in [9.17, 15) is 4.79 Å². The molecule has 1 saturated heterocycles. The standard InChI is InChI=1S/C20H31NO3/c1-20(2,3)24-19(22)21-13-7-11-17(15-21)12-8-14-23-16-18-9-5-4-6-10-18/h4-6,9-10,17H,7-8,11-16H2,1-3H3/t17-/m1/s1. The Morgan fingerprint density at radius 3 is 2.71 bits per heavy atom. The van der Waals surface area contributed by atoms with Crippen LogP contribution in [-0.2, 0) is 16.1 Å². The van der Waals surface area contributed by atoms with Gasteiger partial charge in [0.25, 0.3) is 0 Å². The zero-order valence-corrected chi connectivity index (χ0v) is 15.3. The zero-order valence-electron chi connectivity index (χ0n) is 15.3. The summed E-state index contributed by atoms with van der Waals surface area (Å²) in [5.41, 5.74) is 0.793. The molecule has 0 spiro atoms. The van der Waals surface area contributed by atoms with E-state index in [1.54, 1.807) is 0 Å². The third-order valence-electron chi connectivity index (χ3n) is 4.18. The Hall–Kier alpha value is -1.55. The highest BCUT2D eigenvalue weighted by Gasteiger charge is 2.27. The van der Waals surface area contributed by atoms with Gasteiger partial charge in [0.1, 0.15) is 5.60 Å². The topological polar surface area (TPSA) is 38.8 Å². The minimum atomic E-state index is -0.421. The number of benzene rings is 1. The Morgan fingerprint density at radius 1 is 1.25 bits per heavy atom. The van der Waals surface area contributed by atoms with Crippen molar-refractivity contribution in [3.8, 4) is 0 Å². The summed E-state index contributed by atoms with van der Waals surface area (Å²) in [5, 5.41) is 0. The quantitative estimate of drug-likeness (QED) is 0.712. The lowest BCUT2D eigenvalue weighted by Crippen LogP contribution is -2.42. The number of likely N-dealkylation sites (tertiary alicyclic amines) is 1. The van der Waals surface area contributed by atoms with E-state index < -0.39 is 5.60 Å². The molecule has 4 heteroatoms. The number of carbonyl (C=O) groups excluding carboxylic acids is 1. The average molecular weight is 333 g/mol. The highest BCUT2D eigenvalue weighted by atomic mass is 16.6. The lowest BCUT2D eigenvalue weighted by molar-refractivity contribution is 0.0155. The molecule has 0 aromatic heterocycles. The Balaban J connectivity index is 1.63. The van der Waals surface area contributed by atoms with Gasteiger partial charge < -0.3 is 14.4 Å². The zero-order chi connectivity index (χ0) is 17.4. The maximum absolute atomic E-state index is 12.2. The molecule has 24 heavy (non-hydrogen) atoms. The number of rotatable bonds is 6. The van der Waals surface area contributed by atoms with Crippen molar-refractivity contribution in [2.24, 2.45) is 5.92 Å². The first-order valence-corrected chi connectivity index (χ1v) is 9.03. The monoisotopic (exact) mass is 333 g/mol. The van der Waals surface area contributed by atoms with Crippen LogP contribution in [0, 0.1) is 5.92 Å². The highest BCUT2D eigenvalue weighted by Crippen LogP contribution is 2.22. The van der Waals surface area contributed by atoms with Crippen molar-refractivity contribution in [3.05, 3.63) is 35.9 Å². The van der Waals surface area contributed by atoms with E-state index in [-0.39, 0.29) is 6.09 Å². The molecule has 1 amide bonds. The third-order valence-corrected chi connectivity index (χ3v) is 4.18. The molecular formula is C20H31NO3. The number of hydrogen-bond donors (Lipinski definition) is 0. The van der Waals surface area contributed by atoms with Crippen molar-refractivity contribution in [2.75, 3.05) is 19.7 Å². The molecule has 0 unspecified atom stereocenters. The van der Waals surface area contributed by atoms with Crippen LogP contribution in [0.4, 0.5) is 4.79 Å². The van der Waals surface area contributed by atoms with Gasteiger partial charge in [-0.25, -0.2) is 4.79 Å².